The lowest BCUT2D eigenvalue weighted by Gasteiger charge is -2.22. The molecule has 0 aliphatic rings. The fraction of sp³-hybridized carbons (Fsp3) is 0.467. The van der Waals surface area contributed by atoms with Crippen LogP contribution in [0.1, 0.15) is 12.5 Å². The molecular formula is C15H21F3N4O. The van der Waals surface area contributed by atoms with Crippen LogP contribution in [0, 0.1) is 17.5 Å². The molecule has 0 saturated carbocycles. The van der Waals surface area contributed by atoms with Gasteiger partial charge in [0.05, 0.1) is 0 Å². The number of nitrogens with zero attached hydrogens (tertiary/aromatic N) is 3. The second-order valence-electron chi connectivity index (χ2n) is 5.19. The number of nitrogens with one attached hydrogen (secondary N) is 1. The van der Waals surface area contributed by atoms with Crippen LogP contribution in [0.2, 0.25) is 0 Å². The smallest absolute Gasteiger partial charge is 0.243 e. The largest absolute Gasteiger partial charge is 0.357 e. The predicted octanol–water partition coefficient (Wildman–Crippen LogP) is 1.59. The summed E-state index contributed by atoms with van der Waals surface area (Å²) >= 11 is 0. The van der Waals surface area contributed by atoms with Crippen molar-refractivity contribution in [3.8, 4) is 0 Å². The van der Waals surface area contributed by atoms with Crippen LogP contribution < -0.4 is 5.32 Å². The Morgan fingerprint density at radius 1 is 1.17 bits per heavy atom. The van der Waals surface area contributed by atoms with Crippen LogP contribution in [-0.2, 0) is 11.3 Å². The number of rotatable bonds is 5. The van der Waals surface area contributed by atoms with Crippen molar-refractivity contribution in [2.24, 2.45) is 4.99 Å². The molecule has 1 amide bonds. The first kappa shape index (κ1) is 18.8. The van der Waals surface area contributed by atoms with Gasteiger partial charge in [0, 0.05) is 34.2 Å². The van der Waals surface area contributed by atoms with Crippen molar-refractivity contribution in [1.82, 2.24) is 15.1 Å². The molecule has 0 aliphatic heterocycles. The third-order valence-electron chi connectivity index (χ3n) is 3.02. The number of carbonyl (C=O) groups excluding carboxylic acids is 1. The summed E-state index contributed by atoms with van der Waals surface area (Å²) in [5, 5.41) is 2.98. The predicted molar refractivity (Wildman–Crippen MR) is 82.5 cm³/mol. The summed E-state index contributed by atoms with van der Waals surface area (Å²) in [5.74, 6) is -3.73. The third kappa shape index (κ3) is 5.46. The van der Waals surface area contributed by atoms with Gasteiger partial charge >= 0.3 is 0 Å². The van der Waals surface area contributed by atoms with Crippen molar-refractivity contribution in [3.63, 3.8) is 0 Å². The van der Waals surface area contributed by atoms with Crippen LogP contribution in [0.5, 0.6) is 0 Å². The number of aliphatic imine (C=N–C) groups is 1. The maximum Gasteiger partial charge on any atom is 0.243 e. The Hall–Kier alpha value is -2.25. The van der Waals surface area contributed by atoms with Gasteiger partial charge in [0.2, 0.25) is 5.91 Å². The summed E-state index contributed by atoms with van der Waals surface area (Å²) in [4.78, 5) is 18.8. The minimum Gasteiger partial charge on any atom is -0.357 e. The Bertz CT molecular complexity index is 567. The number of likely N-dealkylation sites (N-methyl/N-ethyl adjacent to an activating group) is 1. The van der Waals surface area contributed by atoms with Crippen LogP contribution in [0.15, 0.2) is 17.1 Å². The molecule has 0 aromatic heterocycles. The Labute approximate surface area is 133 Å². The molecule has 0 unspecified atom stereocenters. The van der Waals surface area contributed by atoms with Gasteiger partial charge in [0.15, 0.2) is 23.4 Å². The van der Waals surface area contributed by atoms with Crippen LogP contribution in [-0.4, -0.2) is 55.9 Å². The zero-order chi connectivity index (χ0) is 17.6. The minimum atomic E-state index is -1.49. The lowest BCUT2D eigenvalue weighted by atomic mass is 10.2. The summed E-state index contributed by atoms with van der Waals surface area (Å²) in [5.41, 5.74) is 0.258. The van der Waals surface area contributed by atoms with E-state index in [1.54, 1.807) is 26.0 Å². The normalized spacial score (nSPS) is 11.3. The number of hydrogen-bond acceptors (Lipinski definition) is 2. The molecule has 0 spiro atoms. The van der Waals surface area contributed by atoms with E-state index in [9.17, 15) is 18.0 Å². The minimum absolute atomic E-state index is 0.0498. The van der Waals surface area contributed by atoms with E-state index >= 15 is 0 Å². The maximum atomic E-state index is 13.3. The van der Waals surface area contributed by atoms with E-state index in [0.29, 0.717) is 12.5 Å². The average Bonchev–Trinajstić information content (AvgIpc) is 2.48. The monoisotopic (exact) mass is 330 g/mol. The highest BCUT2D eigenvalue weighted by Crippen LogP contribution is 2.14. The number of halogens is 3. The van der Waals surface area contributed by atoms with E-state index in [1.165, 1.54) is 4.90 Å². The van der Waals surface area contributed by atoms with E-state index < -0.39 is 17.5 Å². The standard InChI is InChI=1S/C15H21F3N4O/c1-5-19-15(20-8-13(23)21(2)3)22(4)9-10-6-11(16)14(18)12(17)7-10/h6-7H,5,8-9H2,1-4H3,(H,19,20). The average molecular weight is 330 g/mol. The van der Waals surface area contributed by atoms with Crippen LogP contribution in [0.4, 0.5) is 13.2 Å². The number of hydrogen-bond donors (Lipinski definition) is 1. The lowest BCUT2D eigenvalue weighted by Crippen LogP contribution is -2.39. The first-order valence-electron chi connectivity index (χ1n) is 7.09. The fourth-order valence-corrected chi connectivity index (χ4v) is 1.80. The summed E-state index contributed by atoms with van der Waals surface area (Å²) < 4.78 is 39.5. The van der Waals surface area contributed by atoms with E-state index in [4.69, 9.17) is 0 Å². The van der Waals surface area contributed by atoms with Gasteiger partial charge in [-0.3, -0.25) is 4.79 Å². The van der Waals surface area contributed by atoms with Gasteiger partial charge in [0.1, 0.15) is 6.54 Å². The number of benzene rings is 1. The van der Waals surface area contributed by atoms with Crippen molar-refractivity contribution >= 4 is 11.9 Å². The highest BCUT2D eigenvalue weighted by atomic mass is 19.2. The highest BCUT2D eigenvalue weighted by Gasteiger charge is 2.13. The van der Waals surface area contributed by atoms with Crippen molar-refractivity contribution in [2.45, 2.75) is 13.5 Å². The molecule has 8 heteroatoms. The van der Waals surface area contributed by atoms with Crippen molar-refractivity contribution in [2.75, 3.05) is 34.2 Å². The fourth-order valence-electron chi connectivity index (χ4n) is 1.80. The van der Waals surface area contributed by atoms with Gasteiger partial charge in [-0.2, -0.15) is 0 Å². The molecule has 1 aromatic rings. The van der Waals surface area contributed by atoms with Crippen molar-refractivity contribution < 1.29 is 18.0 Å². The first-order chi connectivity index (χ1) is 10.8. The Balaban J connectivity index is 2.87. The molecule has 0 fully saturated rings. The molecule has 0 heterocycles. The molecular weight excluding hydrogens is 309 g/mol. The second-order valence-corrected chi connectivity index (χ2v) is 5.19. The van der Waals surface area contributed by atoms with E-state index in [1.807, 2.05) is 6.92 Å². The van der Waals surface area contributed by atoms with Gasteiger partial charge in [-0.05, 0) is 24.6 Å². The molecule has 0 atom stereocenters. The third-order valence-corrected chi connectivity index (χ3v) is 3.02. The SMILES string of the molecule is CCNC(=NCC(=O)N(C)C)N(C)Cc1cc(F)c(F)c(F)c1. The molecule has 1 N–H and O–H groups in total. The van der Waals surface area contributed by atoms with Crippen LogP contribution in [0.25, 0.3) is 0 Å². The topological polar surface area (TPSA) is 47.9 Å². The molecule has 128 valence electrons. The summed E-state index contributed by atoms with van der Waals surface area (Å²) in [6.45, 7) is 2.47. The van der Waals surface area contributed by atoms with Crippen molar-refractivity contribution in [1.29, 1.82) is 0 Å². The Morgan fingerprint density at radius 3 is 2.22 bits per heavy atom. The van der Waals surface area contributed by atoms with Gasteiger partial charge in [-0.25, -0.2) is 18.2 Å². The van der Waals surface area contributed by atoms with E-state index in [-0.39, 0.29) is 24.6 Å². The van der Waals surface area contributed by atoms with Crippen molar-refractivity contribution in [3.05, 3.63) is 35.1 Å². The quantitative estimate of drug-likeness (QED) is 0.507. The van der Waals surface area contributed by atoms with Gasteiger partial charge < -0.3 is 15.1 Å². The number of carbonyl (C=O) groups is 1. The zero-order valence-electron chi connectivity index (χ0n) is 13.7. The van der Waals surface area contributed by atoms with Gasteiger partial charge in [0.25, 0.3) is 0 Å². The van der Waals surface area contributed by atoms with Crippen LogP contribution in [0.3, 0.4) is 0 Å². The number of amides is 1. The Morgan fingerprint density at radius 2 is 1.74 bits per heavy atom. The molecule has 5 nitrogen and oxygen atoms in total. The highest BCUT2D eigenvalue weighted by molar-refractivity contribution is 5.84. The summed E-state index contributed by atoms with van der Waals surface area (Å²) in [7, 11) is 4.90. The molecule has 0 radical (unpaired) electrons. The zero-order valence-corrected chi connectivity index (χ0v) is 13.7. The Kier molecular flexibility index (Phi) is 6.87. The van der Waals surface area contributed by atoms with Crippen LogP contribution >= 0.6 is 0 Å². The van der Waals surface area contributed by atoms with Gasteiger partial charge in [-0.1, -0.05) is 0 Å². The van der Waals surface area contributed by atoms with E-state index in [0.717, 1.165) is 12.1 Å². The number of guanidine groups is 1. The summed E-state index contributed by atoms with van der Waals surface area (Å²) in [6.07, 6.45) is 0. The molecule has 0 aliphatic carbocycles. The van der Waals surface area contributed by atoms with E-state index in [2.05, 4.69) is 10.3 Å². The molecule has 0 bridgehead atoms. The molecule has 1 rings (SSSR count). The molecule has 1 aromatic carbocycles. The lowest BCUT2D eigenvalue weighted by molar-refractivity contribution is -0.127. The molecule has 0 saturated heterocycles. The molecule has 23 heavy (non-hydrogen) atoms. The van der Waals surface area contributed by atoms with Gasteiger partial charge in [-0.15, -0.1) is 0 Å². The second kappa shape index (κ2) is 8.40. The maximum absolute atomic E-state index is 13.3. The summed E-state index contributed by atoms with van der Waals surface area (Å²) in [6, 6.07) is 1.87. The first-order valence-corrected chi connectivity index (χ1v) is 7.09.